The van der Waals surface area contributed by atoms with Crippen molar-refractivity contribution in [3.63, 3.8) is 0 Å². The van der Waals surface area contributed by atoms with Crippen LogP contribution in [0.4, 0.5) is 0 Å². The number of sulfone groups is 1. The molecule has 0 aliphatic heterocycles. The lowest BCUT2D eigenvalue weighted by Crippen LogP contribution is -2.42. The first kappa shape index (κ1) is 18.0. The van der Waals surface area contributed by atoms with Crippen LogP contribution < -0.4 is 5.32 Å². The van der Waals surface area contributed by atoms with Crippen molar-refractivity contribution in [2.24, 2.45) is 0 Å². The summed E-state index contributed by atoms with van der Waals surface area (Å²) in [5, 5.41) is 1.87. The summed E-state index contributed by atoms with van der Waals surface area (Å²) in [6.45, 7) is 5.68. The normalized spacial score (nSPS) is 17.4. The first-order chi connectivity index (χ1) is 10.8. The number of nitrogens with one attached hydrogen (secondary N) is 1. The van der Waals surface area contributed by atoms with Crippen molar-refractivity contribution in [1.29, 1.82) is 0 Å². The Balaban J connectivity index is 2.00. The minimum absolute atomic E-state index is 0.0926. The molecule has 1 aromatic rings. The minimum atomic E-state index is -3.50. The van der Waals surface area contributed by atoms with E-state index in [1.807, 2.05) is 24.3 Å². The molecule has 1 fully saturated rings. The van der Waals surface area contributed by atoms with E-state index < -0.39 is 15.1 Å². The van der Waals surface area contributed by atoms with Gasteiger partial charge in [0, 0.05) is 6.04 Å². The third kappa shape index (κ3) is 4.80. The van der Waals surface area contributed by atoms with E-state index in [1.54, 1.807) is 0 Å². The molecule has 1 aliphatic rings. The van der Waals surface area contributed by atoms with Gasteiger partial charge in [-0.3, -0.25) is 4.79 Å². The maximum Gasteiger partial charge on any atom is 0.238 e. The monoisotopic (exact) mass is 337 g/mol. The topological polar surface area (TPSA) is 63.2 Å². The Bertz CT molecular complexity index is 629. The van der Waals surface area contributed by atoms with Gasteiger partial charge in [0.1, 0.15) is 5.25 Å². The number of benzene rings is 1. The molecule has 4 nitrogen and oxygen atoms in total. The van der Waals surface area contributed by atoms with Gasteiger partial charge in [-0.25, -0.2) is 8.42 Å². The van der Waals surface area contributed by atoms with Crippen LogP contribution in [-0.4, -0.2) is 25.6 Å². The van der Waals surface area contributed by atoms with E-state index in [4.69, 9.17) is 0 Å². The third-order valence-electron chi connectivity index (χ3n) is 4.62. The van der Waals surface area contributed by atoms with E-state index in [-0.39, 0.29) is 17.7 Å². The summed E-state index contributed by atoms with van der Waals surface area (Å²) in [5.74, 6) is -0.0440. The Hall–Kier alpha value is -1.36. The Morgan fingerprint density at radius 3 is 2.22 bits per heavy atom. The molecule has 1 aliphatic carbocycles. The van der Waals surface area contributed by atoms with Crippen LogP contribution in [0.5, 0.6) is 0 Å². The van der Waals surface area contributed by atoms with Gasteiger partial charge in [-0.2, -0.15) is 0 Å². The molecule has 128 valence electrons. The molecule has 0 spiro atoms. The van der Waals surface area contributed by atoms with Gasteiger partial charge in [0.2, 0.25) is 5.91 Å². The number of amides is 1. The second-order valence-corrected chi connectivity index (χ2v) is 9.16. The fourth-order valence-electron chi connectivity index (χ4n) is 2.91. The van der Waals surface area contributed by atoms with Crippen LogP contribution in [0.1, 0.15) is 63.5 Å². The van der Waals surface area contributed by atoms with E-state index in [0.717, 1.165) is 31.2 Å². The molecule has 2 rings (SSSR count). The van der Waals surface area contributed by atoms with Crippen LogP contribution in [0.2, 0.25) is 0 Å². The molecule has 0 unspecified atom stereocenters. The van der Waals surface area contributed by atoms with Gasteiger partial charge in [-0.05, 0) is 36.8 Å². The summed E-state index contributed by atoms with van der Waals surface area (Å²) in [6, 6.07) is 7.74. The van der Waals surface area contributed by atoms with Gasteiger partial charge in [0.15, 0.2) is 9.84 Å². The second kappa shape index (κ2) is 7.47. The van der Waals surface area contributed by atoms with E-state index in [9.17, 15) is 13.2 Å². The van der Waals surface area contributed by atoms with Crippen LogP contribution in [0.15, 0.2) is 24.3 Å². The summed E-state index contributed by atoms with van der Waals surface area (Å²) in [5.41, 5.74) is 1.91. The molecule has 5 heteroatoms. The summed E-state index contributed by atoms with van der Waals surface area (Å²) in [7, 11) is -3.50. The number of carbonyl (C=O) groups is 1. The van der Waals surface area contributed by atoms with Gasteiger partial charge in [0.25, 0.3) is 0 Å². The lowest BCUT2D eigenvalue weighted by Gasteiger charge is -2.17. The molecule has 1 aromatic carbocycles. The standard InChI is InChI=1S/C18H27NO3S/c1-13(2)16-10-8-15(9-11-16)12-23(21,22)14(3)18(20)19-17-6-4-5-7-17/h8-11,13-14,17H,4-7,12H2,1-3H3,(H,19,20)/t14-/m0/s1. The Morgan fingerprint density at radius 1 is 1.13 bits per heavy atom. The van der Waals surface area contributed by atoms with Crippen LogP contribution >= 0.6 is 0 Å². The fourth-order valence-corrected chi connectivity index (χ4v) is 4.21. The molecule has 1 amide bonds. The lowest BCUT2D eigenvalue weighted by molar-refractivity contribution is -0.121. The molecular formula is C18H27NO3S. The van der Waals surface area contributed by atoms with Crippen molar-refractivity contribution < 1.29 is 13.2 Å². The number of rotatable bonds is 6. The highest BCUT2D eigenvalue weighted by Crippen LogP contribution is 2.20. The molecule has 1 N–H and O–H groups in total. The predicted octanol–water partition coefficient (Wildman–Crippen LogP) is 3.17. The highest BCUT2D eigenvalue weighted by Gasteiger charge is 2.30. The quantitative estimate of drug-likeness (QED) is 0.867. The van der Waals surface area contributed by atoms with E-state index >= 15 is 0 Å². The van der Waals surface area contributed by atoms with Crippen LogP contribution in [0.3, 0.4) is 0 Å². The predicted molar refractivity (Wildman–Crippen MR) is 93.0 cm³/mol. The molecule has 1 atom stereocenters. The zero-order valence-electron chi connectivity index (χ0n) is 14.2. The highest BCUT2D eigenvalue weighted by molar-refractivity contribution is 7.92. The minimum Gasteiger partial charge on any atom is -0.352 e. The largest absolute Gasteiger partial charge is 0.352 e. The first-order valence-corrected chi connectivity index (χ1v) is 10.1. The lowest BCUT2D eigenvalue weighted by atomic mass is 10.0. The molecule has 23 heavy (non-hydrogen) atoms. The van der Waals surface area contributed by atoms with Crippen LogP contribution in [0, 0.1) is 0 Å². The number of carbonyl (C=O) groups excluding carboxylic acids is 1. The molecule has 0 aromatic heterocycles. The van der Waals surface area contributed by atoms with Crippen molar-refractivity contribution >= 4 is 15.7 Å². The summed E-state index contributed by atoms with van der Waals surface area (Å²) in [6.07, 6.45) is 4.12. The average Bonchev–Trinajstić information content (AvgIpc) is 2.99. The zero-order chi connectivity index (χ0) is 17.0. The van der Waals surface area contributed by atoms with E-state index in [2.05, 4.69) is 19.2 Å². The van der Waals surface area contributed by atoms with E-state index in [0.29, 0.717) is 5.92 Å². The van der Waals surface area contributed by atoms with Gasteiger partial charge in [-0.15, -0.1) is 0 Å². The highest BCUT2D eigenvalue weighted by atomic mass is 32.2. The van der Waals surface area contributed by atoms with Crippen molar-refractivity contribution in [3.8, 4) is 0 Å². The summed E-state index contributed by atoms with van der Waals surface area (Å²) >= 11 is 0. The maximum atomic E-state index is 12.5. The van der Waals surface area contributed by atoms with Crippen molar-refractivity contribution in [2.45, 2.75) is 69.4 Å². The van der Waals surface area contributed by atoms with Gasteiger partial charge in [0.05, 0.1) is 5.75 Å². The Kier molecular flexibility index (Phi) is 5.84. The number of hydrogen-bond acceptors (Lipinski definition) is 3. The van der Waals surface area contributed by atoms with Crippen molar-refractivity contribution in [2.75, 3.05) is 0 Å². The molecule has 0 radical (unpaired) electrons. The molecule has 0 bridgehead atoms. The van der Waals surface area contributed by atoms with Gasteiger partial charge in [-0.1, -0.05) is 51.0 Å². The average molecular weight is 337 g/mol. The molecule has 0 saturated heterocycles. The van der Waals surface area contributed by atoms with E-state index in [1.165, 1.54) is 12.5 Å². The smallest absolute Gasteiger partial charge is 0.238 e. The SMILES string of the molecule is CC(C)c1ccc(CS(=O)(=O)[C@@H](C)C(=O)NC2CCCC2)cc1. The molecule has 1 saturated carbocycles. The van der Waals surface area contributed by atoms with Crippen molar-refractivity contribution in [1.82, 2.24) is 5.32 Å². The number of hydrogen-bond donors (Lipinski definition) is 1. The van der Waals surface area contributed by atoms with Gasteiger partial charge < -0.3 is 5.32 Å². The molecule has 0 heterocycles. The fraction of sp³-hybridized carbons (Fsp3) is 0.611. The van der Waals surface area contributed by atoms with Gasteiger partial charge >= 0.3 is 0 Å². The van der Waals surface area contributed by atoms with Crippen LogP contribution in [0.25, 0.3) is 0 Å². The van der Waals surface area contributed by atoms with Crippen molar-refractivity contribution in [3.05, 3.63) is 35.4 Å². The second-order valence-electron chi connectivity index (χ2n) is 6.84. The zero-order valence-corrected chi connectivity index (χ0v) is 15.0. The third-order valence-corrected chi connectivity index (χ3v) is 6.65. The maximum absolute atomic E-state index is 12.5. The van der Waals surface area contributed by atoms with Crippen LogP contribution in [-0.2, 0) is 20.4 Å². The summed E-state index contributed by atoms with van der Waals surface area (Å²) in [4.78, 5) is 12.2. The molecular weight excluding hydrogens is 310 g/mol. The Labute approximate surface area is 139 Å². The first-order valence-electron chi connectivity index (χ1n) is 8.40. The Morgan fingerprint density at radius 2 is 1.70 bits per heavy atom. The summed E-state index contributed by atoms with van der Waals surface area (Å²) < 4.78 is 24.9.